The average molecular weight is 290 g/mol. The van der Waals surface area contributed by atoms with Gasteiger partial charge in [-0.2, -0.15) is 0 Å². The molecule has 2 rings (SSSR count). The number of hydrogen-bond donors (Lipinski definition) is 1. The van der Waals surface area contributed by atoms with Crippen molar-refractivity contribution in [3.63, 3.8) is 0 Å². The number of rotatable bonds is 1. The van der Waals surface area contributed by atoms with Crippen molar-refractivity contribution in [3.8, 4) is 0 Å². The minimum atomic E-state index is -0.463. The molecule has 2 N–H and O–H groups in total. The van der Waals surface area contributed by atoms with Crippen molar-refractivity contribution in [1.82, 2.24) is 4.90 Å². The Morgan fingerprint density at radius 2 is 2.10 bits per heavy atom. The van der Waals surface area contributed by atoms with E-state index < -0.39 is 5.60 Å². The first-order valence-electron chi connectivity index (χ1n) is 7.56. The van der Waals surface area contributed by atoms with Gasteiger partial charge in [0.25, 0.3) is 0 Å². The van der Waals surface area contributed by atoms with Crippen LogP contribution in [0.3, 0.4) is 0 Å². The van der Waals surface area contributed by atoms with E-state index in [0.717, 1.165) is 6.42 Å². The summed E-state index contributed by atoms with van der Waals surface area (Å²) in [5.41, 5.74) is 8.23. The van der Waals surface area contributed by atoms with E-state index >= 15 is 0 Å². The van der Waals surface area contributed by atoms with E-state index in [1.54, 1.807) is 4.90 Å². The van der Waals surface area contributed by atoms with Crippen LogP contribution in [0.2, 0.25) is 0 Å². The molecule has 4 heteroatoms. The Labute approximate surface area is 127 Å². The highest BCUT2D eigenvalue weighted by Crippen LogP contribution is 2.27. The summed E-state index contributed by atoms with van der Waals surface area (Å²) in [7, 11) is 0. The molecule has 0 bridgehead atoms. The Hall–Kier alpha value is -1.55. The summed E-state index contributed by atoms with van der Waals surface area (Å²) in [6.07, 6.45) is 0.560. The fourth-order valence-electron chi connectivity index (χ4n) is 2.72. The zero-order valence-electron chi connectivity index (χ0n) is 13.4. The normalized spacial score (nSPS) is 23.0. The van der Waals surface area contributed by atoms with E-state index in [-0.39, 0.29) is 18.1 Å². The second kappa shape index (κ2) is 6.06. The zero-order valence-corrected chi connectivity index (χ0v) is 13.4. The number of nitrogens with zero attached hydrogens (tertiary/aromatic N) is 1. The molecule has 1 aromatic rings. The van der Waals surface area contributed by atoms with Crippen molar-refractivity contribution in [3.05, 3.63) is 35.4 Å². The molecule has 21 heavy (non-hydrogen) atoms. The lowest BCUT2D eigenvalue weighted by atomic mass is 9.86. The monoisotopic (exact) mass is 290 g/mol. The molecule has 1 fully saturated rings. The molecule has 1 aliphatic heterocycles. The topological polar surface area (TPSA) is 55.6 Å². The number of likely N-dealkylation sites (tertiary alicyclic amines) is 1. The van der Waals surface area contributed by atoms with Gasteiger partial charge in [0, 0.05) is 25.0 Å². The molecule has 0 aromatic heterocycles. The third-order valence-corrected chi connectivity index (χ3v) is 3.79. The van der Waals surface area contributed by atoms with Gasteiger partial charge in [-0.15, -0.1) is 0 Å². The van der Waals surface area contributed by atoms with Gasteiger partial charge in [0.2, 0.25) is 0 Å². The van der Waals surface area contributed by atoms with E-state index in [1.165, 1.54) is 11.1 Å². The first-order chi connectivity index (χ1) is 9.76. The summed E-state index contributed by atoms with van der Waals surface area (Å²) in [6.45, 7) is 9.03. The summed E-state index contributed by atoms with van der Waals surface area (Å²) in [6, 6.07) is 8.46. The van der Waals surface area contributed by atoms with Crippen LogP contribution in [0.1, 0.15) is 44.2 Å². The molecule has 0 spiro atoms. The van der Waals surface area contributed by atoms with Crippen LogP contribution in [0, 0.1) is 6.92 Å². The van der Waals surface area contributed by atoms with Gasteiger partial charge >= 0.3 is 6.09 Å². The molecule has 1 aliphatic rings. The minimum Gasteiger partial charge on any atom is -0.444 e. The Bertz CT molecular complexity index is 508. The number of nitrogens with two attached hydrogens (primary N) is 1. The van der Waals surface area contributed by atoms with Gasteiger partial charge in [0.1, 0.15) is 5.60 Å². The van der Waals surface area contributed by atoms with Crippen molar-refractivity contribution in [2.75, 3.05) is 13.1 Å². The number of carbonyl (C=O) groups is 1. The van der Waals surface area contributed by atoms with Gasteiger partial charge in [0.15, 0.2) is 0 Å². The molecule has 1 aromatic carbocycles. The molecule has 2 atom stereocenters. The maximum atomic E-state index is 12.2. The second-order valence-corrected chi connectivity index (χ2v) is 6.90. The maximum Gasteiger partial charge on any atom is 0.410 e. The van der Waals surface area contributed by atoms with Gasteiger partial charge in [-0.25, -0.2) is 4.79 Å². The lowest BCUT2D eigenvalue weighted by molar-refractivity contribution is 0.0186. The third-order valence-electron chi connectivity index (χ3n) is 3.79. The van der Waals surface area contributed by atoms with Gasteiger partial charge in [-0.1, -0.05) is 29.8 Å². The van der Waals surface area contributed by atoms with Crippen LogP contribution in [0.4, 0.5) is 4.79 Å². The molecule has 116 valence electrons. The predicted molar refractivity (Wildman–Crippen MR) is 84.3 cm³/mol. The lowest BCUT2D eigenvalue weighted by Gasteiger charge is -2.37. The minimum absolute atomic E-state index is 0.0884. The number of amides is 1. The van der Waals surface area contributed by atoms with Crippen LogP contribution in [-0.4, -0.2) is 35.7 Å². The maximum absolute atomic E-state index is 12.2. The lowest BCUT2D eigenvalue weighted by Crippen LogP contribution is -2.49. The molecule has 0 aliphatic carbocycles. The van der Waals surface area contributed by atoms with Crippen LogP contribution < -0.4 is 5.73 Å². The first-order valence-corrected chi connectivity index (χ1v) is 7.56. The molecule has 4 nitrogen and oxygen atoms in total. The van der Waals surface area contributed by atoms with Gasteiger partial charge in [-0.3, -0.25) is 0 Å². The van der Waals surface area contributed by atoms with Crippen LogP contribution in [-0.2, 0) is 4.74 Å². The zero-order chi connectivity index (χ0) is 15.6. The quantitative estimate of drug-likeness (QED) is 0.865. The van der Waals surface area contributed by atoms with Crippen molar-refractivity contribution in [2.45, 2.75) is 51.7 Å². The number of hydrogen-bond acceptors (Lipinski definition) is 3. The number of ether oxygens (including phenoxy) is 1. The summed E-state index contributed by atoms with van der Waals surface area (Å²) in [5, 5.41) is 0. The van der Waals surface area contributed by atoms with Crippen LogP contribution in [0.15, 0.2) is 24.3 Å². The highest BCUT2D eigenvalue weighted by atomic mass is 16.6. The summed E-state index contributed by atoms with van der Waals surface area (Å²) < 4.78 is 5.47. The van der Waals surface area contributed by atoms with Gasteiger partial charge in [-0.05, 0) is 39.7 Å². The second-order valence-electron chi connectivity index (χ2n) is 6.90. The predicted octanol–water partition coefficient (Wildman–Crippen LogP) is 3.05. The third kappa shape index (κ3) is 4.21. The largest absolute Gasteiger partial charge is 0.444 e. The fourth-order valence-corrected chi connectivity index (χ4v) is 2.72. The number of benzene rings is 1. The Morgan fingerprint density at radius 3 is 2.71 bits per heavy atom. The van der Waals surface area contributed by atoms with Crippen molar-refractivity contribution < 1.29 is 9.53 Å². The standard InChI is InChI=1S/C17H26N2O2/c1-12-6-5-7-13(10-12)14-11-19(9-8-15(14)18)16(20)21-17(2,3)4/h5-7,10,14-15H,8-9,11,18H2,1-4H3/t14-,15+/m1/s1. The fraction of sp³-hybridized carbons (Fsp3) is 0.588. The Kier molecular flexibility index (Phi) is 4.57. The smallest absolute Gasteiger partial charge is 0.410 e. The van der Waals surface area contributed by atoms with E-state index in [2.05, 4.69) is 25.1 Å². The summed E-state index contributed by atoms with van der Waals surface area (Å²) in [5.74, 6) is 0.172. The van der Waals surface area contributed by atoms with Crippen LogP contribution in [0.25, 0.3) is 0 Å². The molecule has 1 saturated heterocycles. The van der Waals surface area contributed by atoms with Crippen molar-refractivity contribution >= 4 is 6.09 Å². The van der Waals surface area contributed by atoms with E-state index in [4.69, 9.17) is 10.5 Å². The molecular weight excluding hydrogens is 264 g/mol. The van der Waals surface area contributed by atoms with E-state index in [1.807, 2.05) is 26.8 Å². The first kappa shape index (κ1) is 15.8. The SMILES string of the molecule is Cc1cccc([C@H]2CN(C(=O)OC(C)(C)C)CC[C@@H]2N)c1. The molecule has 1 heterocycles. The molecule has 0 unspecified atom stereocenters. The summed E-state index contributed by atoms with van der Waals surface area (Å²) >= 11 is 0. The van der Waals surface area contributed by atoms with Gasteiger partial charge < -0.3 is 15.4 Å². The number of carbonyl (C=O) groups excluding carboxylic acids is 1. The number of aryl methyl sites for hydroxylation is 1. The molecule has 0 radical (unpaired) electrons. The Morgan fingerprint density at radius 1 is 1.38 bits per heavy atom. The van der Waals surface area contributed by atoms with Crippen molar-refractivity contribution in [2.24, 2.45) is 5.73 Å². The van der Waals surface area contributed by atoms with Crippen LogP contribution in [0.5, 0.6) is 0 Å². The Balaban J connectivity index is 2.11. The molecule has 1 amide bonds. The van der Waals surface area contributed by atoms with E-state index in [0.29, 0.717) is 13.1 Å². The summed E-state index contributed by atoms with van der Waals surface area (Å²) in [4.78, 5) is 14.0. The van der Waals surface area contributed by atoms with Crippen molar-refractivity contribution in [1.29, 1.82) is 0 Å². The number of piperidine rings is 1. The molecule has 0 saturated carbocycles. The molecular formula is C17H26N2O2. The highest BCUT2D eigenvalue weighted by molar-refractivity contribution is 5.68. The average Bonchev–Trinajstić information content (AvgIpc) is 2.37. The highest BCUT2D eigenvalue weighted by Gasteiger charge is 2.32. The van der Waals surface area contributed by atoms with Crippen LogP contribution >= 0.6 is 0 Å². The van der Waals surface area contributed by atoms with E-state index in [9.17, 15) is 4.79 Å². The van der Waals surface area contributed by atoms with Gasteiger partial charge in [0.05, 0.1) is 0 Å².